The molecule has 1 aliphatic rings. The van der Waals surface area contributed by atoms with Crippen LogP contribution in [0.3, 0.4) is 0 Å². The highest BCUT2D eigenvalue weighted by Crippen LogP contribution is 2.33. The zero-order valence-electron chi connectivity index (χ0n) is 12.0. The van der Waals surface area contributed by atoms with E-state index in [1.807, 2.05) is 10.9 Å². The number of aromatic nitrogens is 2. The number of nitrogens with two attached hydrogens (primary N) is 1. The smallest absolute Gasteiger partial charge is 0.0539 e. The molecule has 1 aromatic carbocycles. The molecule has 2 N–H and O–H groups in total. The van der Waals surface area contributed by atoms with Gasteiger partial charge in [-0.3, -0.25) is 4.68 Å². The minimum atomic E-state index is 0.604. The van der Waals surface area contributed by atoms with E-state index in [0.717, 1.165) is 13.1 Å². The number of aryl methyl sites for hydroxylation is 1. The molecule has 0 spiro atoms. The van der Waals surface area contributed by atoms with Crippen molar-refractivity contribution in [1.82, 2.24) is 9.78 Å². The predicted molar refractivity (Wildman–Crippen MR) is 81.4 cm³/mol. The van der Waals surface area contributed by atoms with E-state index in [2.05, 4.69) is 47.4 Å². The van der Waals surface area contributed by atoms with Gasteiger partial charge in [0.2, 0.25) is 0 Å². The fourth-order valence-electron chi connectivity index (χ4n) is 2.50. The van der Waals surface area contributed by atoms with Crippen molar-refractivity contribution >= 4 is 5.69 Å². The molecule has 106 valence electrons. The summed E-state index contributed by atoms with van der Waals surface area (Å²) in [7, 11) is 0. The lowest BCUT2D eigenvalue weighted by atomic mass is 10.2. The van der Waals surface area contributed by atoms with Crippen LogP contribution in [0.5, 0.6) is 0 Å². The second-order valence-corrected chi connectivity index (χ2v) is 5.43. The van der Waals surface area contributed by atoms with Gasteiger partial charge in [-0.1, -0.05) is 12.1 Å². The minimum absolute atomic E-state index is 0.604. The van der Waals surface area contributed by atoms with E-state index < -0.39 is 0 Å². The fraction of sp³-hybridized carbons (Fsp3) is 0.438. The monoisotopic (exact) mass is 270 g/mol. The van der Waals surface area contributed by atoms with Crippen LogP contribution in [0.25, 0.3) is 0 Å². The molecule has 1 heterocycles. The standard InChI is InChI=1S/C16H22N4/c1-2-19-11-14(10-18-19)12-20(16-7-8-16)15-5-3-13(9-17)4-6-15/h3-6,10-11,16H,2,7-9,12,17H2,1H3. The summed E-state index contributed by atoms with van der Waals surface area (Å²) in [5, 5.41) is 4.36. The molecule has 20 heavy (non-hydrogen) atoms. The van der Waals surface area contributed by atoms with E-state index in [9.17, 15) is 0 Å². The summed E-state index contributed by atoms with van der Waals surface area (Å²) in [5.41, 5.74) is 9.41. The van der Waals surface area contributed by atoms with E-state index in [1.165, 1.54) is 29.7 Å². The molecule has 2 aromatic rings. The molecule has 1 aliphatic carbocycles. The zero-order chi connectivity index (χ0) is 13.9. The van der Waals surface area contributed by atoms with Gasteiger partial charge in [-0.2, -0.15) is 5.10 Å². The first kappa shape index (κ1) is 13.2. The molecule has 1 fully saturated rings. The van der Waals surface area contributed by atoms with Crippen molar-refractivity contribution in [2.45, 2.75) is 45.4 Å². The Morgan fingerprint density at radius 3 is 2.55 bits per heavy atom. The molecule has 3 rings (SSSR count). The molecule has 1 saturated carbocycles. The zero-order valence-corrected chi connectivity index (χ0v) is 12.0. The summed E-state index contributed by atoms with van der Waals surface area (Å²) in [6.07, 6.45) is 6.71. The Labute approximate surface area is 120 Å². The molecule has 4 nitrogen and oxygen atoms in total. The highest BCUT2D eigenvalue weighted by molar-refractivity contribution is 5.50. The molecule has 0 radical (unpaired) electrons. The van der Waals surface area contributed by atoms with Gasteiger partial charge in [0, 0.05) is 43.1 Å². The topological polar surface area (TPSA) is 47.1 Å². The highest BCUT2D eigenvalue weighted by Gasteiger charge is 2.29. The van der Waals surface area contributed by atoms with Crippen LogP contribution in [-0.2, 0) is 19.6 Å². The molecule has 4 heteroatoms. The Balaban J connectivity index is 1.77. The average Bonchev–Trinajstić information content (AvgIpc) is 3.24. The van der Waals surface area contributed by atoms with Crippen LogP contribution in [0, 0.1) is 0 Å². The Morgan fingerprint density at radius 1 is 1.25 bits per heavy atom. The van der Waals surface area contributed by atoms with E-state index in [0.29, 0.717) is 12.6 Å². The highest BCUT2D eigenvalue weighted by atomic mass is 15.3. The Hall–Kier alpha value is -1.81. The first-order chi connectivity index (χ1) is 9.80. The van der Waals surface area contributed by atoms with Crippen molar-refractivity contribution in [2.75, 3.05) is 4.90 Å². The lowest BCUT2D eigenvalue weighted by Gasteiger charge is -2.24. The van der Waals surface area contributed by atoms with E-state index in [-0.39, 0.29) is 0 Å². The Kier molecular flexibility index (Phi) is 3.74. The number of benzene rings is 1. The van der Waals surface area contributed by atoms with Gasteiger partial charge in [-0.05, 0) is 37.5 Å². The number of hydrogen-bond donors (Lipinski definition) is 1. The van der Waals surface area contributed by atoms with Gasteiger partial charge < -0.3 is 10.6 Å². The second kappa shape index (κ2) is 5.67. The normalized spacial score (nSPS) is 14.5. The molecule has 0 bridgehead atoms. The third-order valence-corrected chi connectivity index (χ3v) is 3.85. The quantitative estimate of drug-likeness (QED) is 0.877. The van der Waals surface area contributed by atoms with Crippen molar-refractivity contribution < 1.29 is 0 Å². The average molecular weight is 270 g/mol. The lowest BCUT2D eigenvalue weighted by molar-refractivity contribution is 0.658. The summed E-state index contributed by atoms with van der Waals surface area (Å²) in [6.45, 7) is 4.58. The molecule has 0 unspecified atom stereocenters. The predicted octanol–water partition coefficient (Wildman–Crippen LogP) is 2.53. The minimum Gasteiger partial charge on any atom is -0.364 e. The van der Waals surface area contributed by atoms with Crippen LogP contribution in [0.4, 0.5) is 5.69 Å². The van der Waals surface area contributed by atoms with Crippen LogP contribution in [-0.4, -0.2) is 15.8 Å². The third-order valence-electron chi connectivity index (χ3n) is 3.85. The molecule has 0 aliphatic heterocycles. The first-order valence-electron chi connectivity index (χ1n) is 7.37. The van der Waals surface area contributed by atoms with Gasteiger partial charge in [-0.25, -0.2) is 0 Å². The summed E-state index contributed by atoms with van der Waals surface area (Å²) in [6, 6.07) is 9.30. The van der Waals surface area contributed by atoms with Gasteiger partial charge in [0.25, 0.3) is 0 Å². The largest absolute Gasteiger partial charge is 0.364 e. The molecular formula is C16H22N4. The van der Waals surface area contributed by atoms with Crippen molar-refractivity contribution in [3.63, 3.8) is 0 Å². The summed E-state index contributed by atoms with van der Waals surface area (Å²) >= 11 is 0. The van der Waals surface area contributed by atoms with Crippen molar-refractivity contribution in [3.8, 4) is 0 Å². The maximum Gasteiger partial charge on any atom is 0.0539 e. The summed E-state index contributed by atoms with van der Waals surface area (Å²) < 4.78 is 1.98. The molecule has 0 saturated heterocycles. The Bertz CT molecular complexity index is 554. The van der Waals surface area contributed by atoms with Crippen molar-refractivity contribution in [2.24, 2.45) is 5.73 Å². The number of hydrogen-bond acceptors (Lipinski definition) is 3. The number of anilines is 1. The maximum absolute atomic E-state index is 5.67. The number of nitrogens with zero attached hydrogens (tertiary/aromatic N) is 3. The lowest BCUT2D eigenvalue weighted by Crippen LogP contribution is -2.24. The van der Waals surface area contributed by atoms with Crippen LogP contribution >= 0.6 is 0 Å². The molecular weight excluding hydrogens is 248 g/mol. The van der Waals surface area contributed by atoms with Gasteiger partial charge in [-0.15, -0.1) is 0 Å². The molecule has 1 aromatic heterocycles. The van der Waals surface area contributed by atoms with E-state index in [4.69, 9.17) is 5.73 Å². The van der Waals surface area contributed by atoms with E-state index >= 15 is 0 Å². The van der Waals surface area contributed by atoms with Crippen LogP contribution in [0.2, 0.25) is 0 Å². The first-order valence-corrected chi connectivity index (χ1v) is 7.37. The second-order valence-electron chi connectivity index (χ2n) is 5.43. The van der Waals surface area contributed by atoms with Crippen molar-refractivity contribution in [3.05, 3.63) is 47.8 Å². The maximum atomic E-state index is 5.67. The van der Waals surface area contributed by atoms with Gasteiger partial charge in [0.05, 0.1) is 6.20 Å². The summed E-state index contributed by atoms with van der Waals surface area (Å²) in [4.78, 5) is 2.48. The van der Waals surface area contributed by atoms with Crippen LogP contribution in [0.1, 0.15) is 30.9 Å². The van der Waals surface area contributed by atoms with Crippen molar-refractivity contribution in [1.29, 1.82) is 0 Å². The SMILES string of the molecule is CCn1cc(CN(c2ccc(CN)cc2)C2CC2)cn1. The van der Waals surface area contributed by atoms with Gasteiger partial charge in [0.1, 0.15) is 0 Å². The Morgan fingerprint density at radius 2 is 2.00 bits per heavy atom. The van der Waals surface area contributed by atoms with Crippen LogP contribution < -0.4 is 10.6 Å². The van der Waals surface area contributed by atoms with E-state index in [1.54, 1.807) is 0 Å². The molecule has 0 atom stereocenters. The fourth-order valence-corrected chi connectivity index (χ4v) is 2.50. The summed E-state index contributed by atoms with van der Waals surface area (Å²) in [5.74, 6) is 0. The van der Waals surface area contributed by atoms with Gasteiger partial charge in [0.15, 0.2) is 0 Å². The number of rotatable bonds is 6. The molecule has 0 amide bonds. The van der Waals surface area contributed by atoms with Crippen LogP contribution in [0.15, 0.2) is 36.7 Å². The third kappa shape index (κ3) is 2.85. The van der Waals surface area contributed by atoms with Gasteiger partial charge >= 0.3 is 0 Å².